The summed E-state index contributed by atoms with van der Waals surface area (Å²) >= 11 is 0. The van der Waals surface area contributed by atoms with Gasteiger partial charge in [-0.2, -0.15) is 0 Å². The van der Waals surface area contributed by atoms with E-state index in [1.165, 1.54) is 12.1 Å². The number of amides is 1. The predicted octanol–water partition coefficient (Wildman–Crippen LogP) is 4.52. The first-order valence-corrected chi connectivity index (χ1v) is 10.8. The van der Waals surface area contributed by atoms with E-state index in [-0.39, 0.29) is 11.7 Å². The molecule has 2 heterocycles. The molecule has 2 aromatic carbocycles. The van der Waals surface area contributed by atoms with Gasteiger partial charge < -0.3 is 14.4 Å². The summed E-state index contributed by atoms with van der Waals surface area (Å²) in [6.07, 6.45) is -1.25. The number of benzene rings is 2. The van der Waals surface area contributed by atoms with Crippen LogP contribution >= 0.6 is 0 Å². The number of pyridine rings is 1. The summed E-state index contributed by atoms with van der Waals surface area (Å²) in [6.45, 7) is 3.51. The first-order chi connectivity index (χ1) is 16.4. The first kappa shape index (κ1) is 23.6. The summed E-state index contributed by atoms with van der Waals surface area (Å²) in [6, 6.07) is 16.7. The van der Waals surface area contributed by atoms with Gasteiger partial charge in [-0.05, 0) is 48.0 Å². The van der Waals surface area contributed by atoms with Gasteiger partial charge in [-0.15, -0.1) is 13.2 Å². The van der Waals surface area contributed by atoms with Crippen molar-refractivity contribution in [3.63, 3.8) is 0 Å². The van der Waals surface area contributed by atoms with E-state index in [1.54, 1.807) is 48.8 Å². The molecular weight excluding hydrogens is 447 g/mol. The Morgan fingerprint density at radius 2 is 1.56 bits per heavy atom. The Kier molecular flexibility index (Phi) is 7.32. The van der Waals surface area contributed by atoms with Crippen molar-refractivity contribution >= 4 is 5.91 Å². The smallest absolute Gasteiger partial charge is 0.489 e. The summed E-state index contributed by atoms with van der Waals surface area (Å²) in [5, 5.41) is 0. The van der Waals surface area contributed by atoms with Crippen LogP contribution in [0.3, 0.4) is 0 Å². The van der Waals surface area contributed by atoms with Crippen LogP contribution in [-0.2, 0) is 13.2 Å². The molecule has 1 fully saturated rings. The number of hydrogen-bond donors (Lipinski definition) is 0. The quantitative estimate of drug-likeness (QED) is 0.507. The van der Waals surface area contributed by atoms with Gasteiger partial charge in [-0.25, -0.2) is 0 Å². The molecule has 1 saturated heterocycles. The molecule has 6 nitrogen and oxygen atoms in total. The third-order valence-electron chi connectivity index (χ3n) is 5.45. The zero-order chi connectivity index (χ0) is 24.0. The van der Waals surface area contributed by atoms with E-state index < -0.39 is 6.36 Å². The van der Waals surface area contributed by atoms with Crippen molar-refractivity contribution < 1.29 is 27.4 Å². The fourth-order valence-corrected chi connectivity index (χ4v) is 3.69. The van der Waals surface area contributed by atoms with Crippen LogP contribution < -0.4 is 9.47 Å². The molecular formula is C25H24F3N3O3. The van der Waals surface area contributed by atoms with Crippen LogP contribution in [0, 0.1) is 0 Å². The molecule has 9 heteroatoms. The highest BCUT2D eigenvalue weighted by Gasteiger charge is 2.31. The lowest BCUT2D eigenvalue weighted by Crippen LogP contribution is -2.48. The maximum atomic E-state index is 12.9. The van der Waals surface area contributed by atoms with Crippen molar-refractivity contribution in [3.05, 3.63) is 89.7 Å². The Balaban J connectivity index is 1.24. The Morgan fingerprint density at radius 1 is 0.882 bits per heavy atom. The van der Waals surface area contributed by atoms with Crippen molar-refractivity contribution in [2.45, 2.75) is 19.5 Å². The average molecular weight is 471 g/mol. The molecule has 0 aliphatic carbocycles. The standard InChI is InChI=1S/C25H24F3N3O3/c26-25(27,28)34-23-7-3-19(4-8-23)17-30-12-14-31(15-13-30)24(32)21-5-9-22(10-6-21)33-18-20-2-1-11-29-16-20/h1-11,16H,12-15,17-18H2. The molecule has 0 radical (unpaired) electrons. The summed E-state index contributed by atoms with van der Waals surface area (Å²) < 4.78 is 46.5. The number of rotatable bonds is 7. The van der Waals surface area contributed by atoms with Crippen molar-refractivity contribution in [2.24, 2.45) is 0 Å². The van der Waals surface area contributed by atoms with Gasteiger partial charge in [0.25, 0.3) is 5.91 Å². The molecule has 1 aliphatic heterocycles. The van der Waals surface area contributed by atoms with Crippen molar-refractivity contribution in [1.29, 1.82) is 0 Å². The van der Waals surface area contributed by atoms with E-state index in [4.69, 9.17) is 4.74 Å². The summed E-state index contributed by atoms with van der Waals surface area (Å²) in [5.74, 6) is 0.407. The molecule has 0 N–H and O–H groups in total. The number of alkyl halides is 3. The number of ether oxygens (including phenoxy) is 2. The predicted molar refractivity (Wildman–Crippen MR) is 119 cm³/mol. The van der Waals surface area contributed by atoms with Crippen LogP contribution in [0.2, 0.25) is 0 Å². The van der Waals surface area contributed by atoms with E-state index in [0.29, 0.717) is 50.6 Å². The van der Waals surface area contributed by atoms with E-state index >= 15 is 0 Å². The highest BCUT2D eigenvalue weighted by molar-refractivity contribution is 5.94. The molecule has 178 valence electrons. The Morgan fingerprint density at radius 3 is 2.18 bits per heavy atom. The molecule has 0 saturated carbocycles. The molecule has 34 heavy (non-hydrogen) atoms. The SMILES string of the molecule is O=C(c1ccc(OCc2cccnc2)cc1)N1CCN(Cc2ccc(OC(F)(F)F)cc2)CC1. The first-order valence-electron chi connectivity index (χ1n) is 10.8. The monoisotopic (exact) mass is 471 g/mol. The van der Waals surface area contributed by atoms with Gasteiger partial charge in [0, 0.05) is 56.2 Å². The number of nitrogens with zero attached hydrogens (tertiary/aromatic N) is 3. The lowest BCUT2D eigenvalue weighted by atomic mass is 10.1. The molecule has 0 bridgehead atoms. The number of carbonyl (C=O) groups excluding carboxylic acids is 1. The fourth-order valence-electron chi connectivity index (χ4n) is 3.69. The summed E-state index contributed by atoms with van der Waals surface area (Å²) in [4.78, 5) is 20.9. The van der Waals surface area contributed by atoms with Gasteiger partial charge in [-0.3, -0.25) is 14.7 Å². The number of hydrogen-bond acceptors (Lipinski definition) is 5. The maximum absolute atomic E-state index is 12.9. The van der Waals surface area contributed by atoms with Gasteiger partial charge in [0.1, 0.15) is 18.1 Å². The number of halogens is 3. The van der Waals surface area contributed by atoms with Crippen molar-refractivity contribution in [2.75, 3.05) is 26.2 Å². The van der Waals surface area contributed by atoms with Gasteiger partial charge in [0.2, 0.25) is 0 Å². The van der Waals surface area contributed by atoms with Crippen molar-refractivity contribution in [1.82, 2.24) is 14.8 Å². The highest BCUT2D eigenvalue weighted by Crippen LogP contribution is 2.23. The van der Waals surface area contributed by atoms with Crippen LogP contribution in [0.5, 0.6) is 11.5 Å². The molecule has 0 unspecified atom stereocenters. The number of piperazine rings is 1. The molecule has 0 atom stereocenters. The maximum Gasteiger partial charge on any atom is 0.573 e. The second-order valence-electron chi connectivity index (χ2n) is 7.93. The molecule has 1 aromatic heterocycles. The minimum atomic E-state index is -4.70. The largest absolute Gasteiger partial charge is 0.573 e. The van der Waals surface area contributed by atoms with Crippen molar-refractivity contribution in [3.8, 4) is 11.5 Å². The zero-order valence-corrected chi connectivity index (χ0v) is 18.4. The van der Waals surface area contributed by atoms with E-state index in [9.17, 15) is 18.0 Å². The molecule has 3 aromatic rings. The zero-order valence-electron chi connectivity index (χ0n) is 18.4. The number of aromatic nitrogens is 1. The third-order valence-corrected chi connectivity index (χ3v) is 5.45. The van der Waals surface area contributed by atoms with Gasteiger partial charge >= 0.3 is 6.36 Å². The van der Waals surface area contributed by atoms with Gasteiger partial charge in [0.05, 0.1) is 0 Å². The minimum absolute atomic E-state index is 0.0351. The molecule has 1 amide bonds. The second kappa shape index (κ2) is 10.6. The lowest BCUT2D eigenvalue weighted by Gasteiger charge is -2.34. The highest BCUT2D eigenvalue weighted by atomic mass is 19.4. The Labute approximate surface area is 195 Å². The fraction of sp³-hybridized carbons (Fsp3) is 0.280. The Bertz CT molecular complexity index is 1070. The minimum Gasteiger partial charge on any atom is -0.489 e. The van der Waals surface area contributed by atoms with E-state index in [0.717, 1.165) is 11.1 Å². The van der Waals surface area contributed by atoms with Gasteiger partial charge in [0.15, 0.2) is 0 Å². The summed E-state index contributed by atoms with van der Waals surface area (Å²) in [7, 11) is 0. The summed E-state index contributed by atoms with van der Waals surface area (Å²) in [5.41, 5.74) is 2.45. The number of carbonyl (C=O) groups is 1. The molecule has 1 aliphatic rings. The average Bonchev–Trinajstić information content (AvgIpc) is 2.84. The molecule has 4 rings (SSSR count). The van der Waals surface area contributed by atoms with Crippen LogP contribution in [0.1, 0.15) is 21.5 Å². The van der Waals surface area contributed by atoms with Gasteiger partial charge in [-0.1, -0.05) is 18.2 Å². The second-order valence-corrected chi connectivity index (χ2v) is 7.93. The van der Waals surface area contributed by atoms with Crippen LogP contribution in [0.4, 0.5) is 13.2 Å². The molecule has 0 spiro atoms. The lowest BCUT2D eigenvalue weighted by molar-refractivity contribution is -0.274. The van der Waals surface area contributed by atoms with Crippen LogP contribution in [0.15, 0.2) is 73.1 Å². The Hall–Kier alpha value is -3.59. The van der Waals surface area contributed by atoms with E-state index in [1.807, 2.05) is 17.0 Å². The van der Waals surface area contributed by atoms with Crippen LogP contribution in [-0.4, -0.2) is 53.2 Å². The van der Waals surface area contributed by atoms with E-state index in [2.05, 4.69) is 14.6 Å². The third kappa shape index (κ3) is 6.71. The topological polar surface area (TPSA) is 54.9 Å². The van der Waals surface area contributed by atoms with Crippen LogP contribution in [0.25, 0.3) is 0 Å². The normalized spacial score (nSPS) is 14.6.